The van der Waals surface area contributed by atoms with Crippen LogP contribution in [0.4, 0.5) is 0 Å². The van der Waals surface area contributed by atoms with Gasteiger partial charge in [-0.3, -0.25) is 0 Å². The topological polar surface area (TPSA) is 64.9 Å². The molecule has 0 aliphatic heterocycles. The lowest BCUT2D eigenvalue weighted by Gasteiger charge is -2.20. The molecule has 0 unspecified atom stereocenters. The summed E-state index contributed by atoms with van der Waals surface area (Å²) >= 11 is 0. The highest BCUT2D eigenvalue weighted by molar-refractivity contribution is 5.30. The van der Waals surface area contributed by atoms with Gasteiger partial charge in [-0.05, 0) is 25.3 Å². The highest BCUT2D eigenvalue weighted by Crippen LogP contribution is 2.30. The van der Waals surface area contributed by atoms with E-state index in [-0.39, 0.29) is 11.5 Å². The maximum Gasteiger partial charge on any atom is 0.243 e. The summed E-state index contributed by atoms with van der Waals surface area (Å²) in [6.45, 7) is 8.38. The molecule has 1 aromatic carbocycles. The van der Waals surface area contributed by atoms with Crippen molar-refractivity contribution in [3.8, 4) is 0 Å². The molecule has 0 saturated heterocycles. The van der Waals surface area contributed by atoms with Crippen LogP contribution in [0.1, 0.15) is 57.4 Å². The largest absolute Gasteiger partial charge is 0.338 e. The zero-order valence-corrected chi connectivity index (χ0v) is 12.6. The van der Waals surface area contributed by atoms with Gasteiger partial charge in [-0.15, -0.1) is 0 Å². The van der Waals surface area contributed by atoms with Gasteiger partial charge in [-0.1, -0.05) is 55.8 Å². The molecule has 1 aromatic heterocycles. The second-order valence-electron chi connectivity index (χ2n) is 5.86. The molecule has 1 heterocycles. The van der Waals surface area contributed by atoms with Gasteiger partial charge in [0.15, 0.2) is 5.82 Å². The van der Waals surface area contributed by atoms with Crippen molar-refractivity contribution in [2.45, 2.75) is 45.6 Å². The van der Waals surface area contributed by atoms with E-state index in [0.717, 1.165) is 12.0 Å². The van der Waals surface area contributed by atoms with Gasteiger partial charge in [-0.2, -0.15) is 4.98 Å². The molecule has 2 atom stereocenters. The smallest absolute Gasteiger partial charge is 0.243 e. The molecule has 108 valence electrons. The summed E-state index contributed by atoms with van der Waals surface area (Å²) in [5.74, 6) is 1.53. The lowest BCUT2D eigenvalue weighted by Crippen LogP contribution is -2.22. The summed E-state index contributed by atoms with van der Waals surface area (Å²) < 4.78 is 5.37. The fourth-order valence-electron chi connectivity index (χ4n) is 2.11. The minimum absolute atomic E-state index is 0.201. The standard InChI is InChI=1S/C16H23N3O/c1-5-11(2)13(17)14-18-15(19-20-14)16(3,4)12-9-7-6-8-10-12/h6-11,13H,5,17H2,1-4H3/t11-,13-/m0/s1. The summed E-state index contributed by atoms with van der Waals surface area (Å²) in [6, 6.07) is 9.98. The second-order valence-corrected chi connectivity index (χ2v) is 5.86. The van der Waals surface area contributed by atoms with Crippen molar-refractivity contribution in [2.24, 2.45) is 11.7 Å². The molecule has 0 spiro atoms. The van der Waals surface area contributed by atoms with Crippen molar-refractivity contribution < 1.29 is 4.52 Å². The summed E-state index contributed by atoms with van der Waals surface area (Å²) in [4.78, 5) is 4.52. The molecule has 2 N–H and O–H groups in total. The van der Waals surface area contributed by atoms with Crippen molar-refractivity contribution in [3.63, 3.8) is 0 Å². The number of rotatable bonds is 5. The first-order valence-electron chi connectivity index (χ1n) is 7.12. The molecule has 2 rings (SSSR count). The molecule has 0 aliphatic rings. The van der Waals surface area contributed by atoms with Gasteiger partial charge in [0, 0.05) is 0 Å². The van der Waals surface area contributed by atoms with Crippen molar-refractivity contribution in [1.82, 2.24) is 10.1 Å². The van der Waals surface area contributed by atoms with Crippen LogP contribution in [0.25, 0.3) is 0 Å². The Balaban J connectivity index is 2.28. The molecule has 0 aliphatic carbocycles. The molecule has 0 saturated carbocycles. The van der Waals surface area contributed by atoms with E-state index in [0.29, 0.717) is 17.6 Å². The van der Waals surface area contributed by atoms with E-state index in [2.05, 4.69) is 50.0 Å². The molecule has 0 amide bonds. The van der Waals surface area contributed by atoms with E-state index in [1.807, 2.05) is 18.2 Å². The maximum atomic E-state index is 6.15. The normalized spacial score (nSPS) is 15.1. The second kappa shape index (κ2) is 5.75. The molecule has 0 fully saturated rings. The van der Waals surface area contributed by atoms with Crippen LogP contribution in [0.3, 0.4) is 0 Å². The zero-order chi connectivity index (χ0) is 14.8. The Bertz CT molecular complexity index is 548. The third-order valence-corrected chi connectivity index (χ3v) is 4.04. The van der Waals surface area contributed by atoms with Crippen LogP contribution >= 0.6 is 0 Å². The van der Waals surface area contributed by atoms with E-state index in [4.69, 9.17) is 10.3 Å². The fraction of sp³-hybridized carbons (Fsp3) is 0.500. The number of nitrogens with two attached hydrogens (primary N) is 1. The Morgan fingerprint density at radius 3 is 2.50 bits per heavy atom. The van der Waals surface area contributed by atoms with Crippen molar-refractivity contribution >= 4 is 0 Å². The van der Waals surface area contributed by atoms with Crippen LogP contribution in [0.2, 0.25) is 0 Å². The van der Waals surface area contributed by atoms with Gasteiger partial charge in [0.05, 0.1) is 11.5 Å². The van der Waals surface area contributed by atoms with Crippen LogP contribution in [0.5, 0.6) is 0 Å². The predicted octanol–water partition coefficient (Wildman–Crippen LogP) is 3.44. The lowest BCUT2D eigenvalue weighted by atomic mass is 9.84. The average molecular weight is 273 g/mol. The number of nitrogens with zero attached hydrogens (tertiary/aromatic N) is 2. The van der Waals surface area contributed by atoms with Crippen LogP contribution in [-0.4, -0.2) is 10.1 Å². The SMILES string of the molecule is CC[C@H](C)[C@H](N)c1nc(C(C)(C)c2ccccc2)no1. The van der Waals surface area contributed by atoms with Gasteiger partial charge in [0.1, 0.15) is 0 Å². The zero-order valence-electron chi connectivity index (χ0n) is 12.6. The summed E-state index contributed by atoms with van der Waals surface area (Å²) in [7, 11) is 0. The van der Waals surface area contributed by atoms with Gasteiger partial charge >= 0.3 is 0 Å². The van der Waals surface area contributed by atoms with E-state index >= 15 is 0 Å². The fourth-order valence-corrected chi connectivity index (χ4v) is 2.11. The van der Waals surface area contributed by atoms with E-state index < -0.39 is 0 Å². The Morgan fingerprint density at radius 2 is 1.90 bits per heavy atom. The van der Waals surface area contributed by atoms with Crippen LogP contribution in [-0.2, 0) is 5.41 Å². The first-order chi connectivity index (χ1) is 9.46. The molecular weight excluding hydrogens is 250 g/mol. The van der Waals surface area contributed by atoms with Gasteiger partial charge in [-0.25, -0.2) is 0 Å². The van der Waals surface area contributed by atoms with Gasteiger partial charge in [0.25, 0.3) is 0 Å². The maximum absolute atomic E-state index is 6.15. The first kappa shape index (κ1) is 14.7. The van der Waals surface area contributed by atoms with Crippen molar-refractivity contribution in [2.75, 3.05) is 0 Å². The minimum atomic E-state index is -0.293. The van der Waals surface area contributed by atoms with Crippen LogP contribution in [0, 0.1) is 5.92 Å². The van der Waals surface area contributed by atoms with Gasteiger partial charge in [0.2, 0.25) is 5.89 Å². The summed E-state index contributed by atoms with van der Waals surface area (Å²) in [6.07, 6.45) is 0.987. The molecule has 4 heteroatoms. The molecule has 0 bridgehead atoms. The quantitative estimate of drug-likeness (QED) is 0.906. The lowest BCUT2D eigenvalue weighted by molar-refractivity contribution is 0.308. The van der Waals surface area contributed by atoms with Crippen molar-refractivity contribution in [3.05, 3.63) is 47.6 Å². The molecule has 2 aromatic rings. The summed E-state index contributed by atoms with van der Waals surface area (Å²) in [5.41, 5.74) is 7.01. The molecular formula is C16H23N3O. The third-order valence-electron chi connectivity index (χ3n) is 4.04. The highest BCUT2D eigenvalue weighted by Gasteiger charge is 2.30. The Morgan fingerprint density at radius 1 is 1.25 bits per heavy atom. The van der Waals surface area contributed by atoms with Crippen LogP contribution < -0.4 is 5.73 Å². The monoisotopic (exact) mass is 273 g/mol. The molecule has 0 radical (unpaired) electrons. The average Bonchev–Trinajstić information content (AvgIpc) is 2.97. The van der Waals surface area contributed by atoms with E-state index in [1.165, 1.54) is 0 Å². The predicted molar refractivity (Wildman–Crippen MR) is 79.3 cm³/mol. The summed E-state index contributed by atoms with van der Waals surface area (Å²) in [5, 5.41) is 4.14. The number of hydrogen-bond donors (Lipinski definition) is 1. The van der Waals surface area contributed by atoms with Gasteiger partial charge < -0.3 is 10.3 Å². The van der Waals surface area contributed by atoms with Crippen molar-refractivity contribution in [1.29, 1.82) is 0 Å². The van der Waals surface area contributed by atoms with Crippen LogP contribution in [0.15, 0.2) is 34.9 Å². The minimum Gasteiger partial charge on any atom is -0.338 e. The Labute approximate surface area is 120 Å². The first-order valence-corrected chi connectivity index (χ1v) is 7.12. The molecule has 20 heavy (non-hydrogen) atoms. The Hall–Kier alpha value is -1.68. The number of hydrogen-bond acceptors (Lipinski definition) is 4. The van der Waals surface area contributed by atoms with E-state index in [1.54, 1.807) is 0 Å². The Kier molecular flexibility index (Phi) is 4.23. The highest BCUT2D eigenvalue weighted by atomic mass is 16.5. The molecule has 4 nitrogen and oxygen atoms in total. The van der Waals surface area contributed by atoms with E-state index in [9.17, 15) is 0 Å². The number of aromatic nitrogens is 2. The number of benzene rings is 1. The third kappa shape index (κ3) is 2.75.